The number of nitrogens with two attached hydrogens (primary N) is 1. The van der Waals surface area contributed by atoms with Gasteiger partial charge in [-0.25, -0.2) is 16.8 Å². The molecule has 0 unspecified atom stereocenters. The maximum absolute atomic E-state index is 11.9. The van der Waals surface area contributed by atoms with Gasteiger partial charge in [0, 0.05) is 16.3 Å². The zero-order valence-corrected chi connectivity index (χ0v) is 14.2. The van der Waals surface area contributed by atoms with Crippen LogP contribution in [0.1, 0.15) is 5.56 Å². The van der Waals surface area contributed by atoms with Gasteiger partial charge in [0.2, 0.25) is 10.0 Å². The zero-order chi connectivity index (χ0) is 16.3. The van der Waals surface area contributed by atoms with Gasteiger partial charge in [-0.1, -0.05) is 21.1 Å². The number of oxime groups is 1. The van der Waals surface area contributed by atoms with Crippen molar-refractivity contribution < 1.29 is 22.0 Å². The molecule has 0 aliphatic carbocycles. The molecule has 0 aliphatic rings. The molecule has 8 nitrogen and oxygen atoms in total. The van der Waals surface area contributed by atoms with E-state index in [9.17, 15) is 16.8 Å². The predicted molar refractivity (Wildman–Crippen MR) is 83.8 cm³/mol. The van der Waals surface area contributed by atoms with Gasteiger partial charge in [0.05, 0.1) is 17.2 Å². The van der Waals surface area contributed by atoms with Gasteiger partial charge in [-0.05, 0) is 18.2 Å². The van der Waals surface area contributed by atoms with E-state index in [0.29, 0.717) is 4.47 Å². The summed E-state index contributed by atoms with van der Waals surface area (Å²) in [5.74, 6) is -1.37. The van der Waals surface area contributed by atoms with Gasteiger partial charge >= 0.3 is 0 Å². The molecule has 0 atom stereocenters. The van der Waals surface area contributed by atoms with E-state index in [1.165, 1.54) is 12.1 Å². The molecule has 0 saturated heterocycles. The highest BCUT2D eigenvalue weighted by molar-refractivity contribution is 9.10. The first kappa shape index (κ1) is 17.7. The van der Waals surface area contributed by atoms with Crippen molar-refractivity contribution in [2.24, 2.45) is 10.9 Å². The summed E-state index contributed by atoms with van der Waals surface area (Å²) in [6.07, 6.45) is 0.948. The summed E-state index contributed by atoms with van der Waals surface area (Å²) < 4.78 is 48.6. The van der Waals surface area contributed by atoms with Crippen LogP contribution in [0.25, 0.3) is 0 Å². The van der Waals surface area contributed by atoms with E-state index in [2.05, 4.69) is 25.8 Å². The molecule has 0 aromatic heterocycles. The topological polar surface area (TPSA) is 139 Å². The summed E-state index contributed by atoms with van der Waals surface area (Å²) in [5.41, 5.74) is 5.72. The predicted octanol–water partition coefficient (Wildman–Crippen LogP) is 0.330. The lowest BCUT2D eigenvalue weighted by molar-refractivity contribution is 0.318. The largest absolute Gasteiger partial charge is 0.409 e. The first-order valence-corrected chi connectivity index (χ1v) is 10.0. The maximum atomic E-state index is 11.9. The van der Waals surface area contributed by atoms with Crippen molar-refractivity contribution in [3.05, 3.63) is 28.2 Å². The van der Waals surface area contributed by atoms with E-state index in [1.54, 1.807) is 6.07 Å². The van der Waals surface area contributed by atoms with Gasteiger partial charge in [-0.2, -0.15) is 0 Å². The van der Waals surface area contributed by atoms with E-state index in [-0.39, 0.29) is 17.1 Å². The Morgan fingerprint density at radius 2 is 1.95 bits per heavy atom. The normalized spacial score (nSPS) is 13.1. The number of rotatable bonds is 6. The lowest BCUT2D eigenvalue weighted by atomic mass is 10.2. The van der Waals surface area contributed by atoms with Crippen LogP contribution in [0.2, 0.25) is 0 Å². The molecule has 0 radical (unpaired) electrons. The monoisotopic (exact) mass is 399 g/mol. The van der Waals surface area contributed by atoms with E-state index in [0.717, 1.165) is 6.26 Å². The van der Waals surface area contributed by atoms with Crippen molar-refractivity contribution in [3.63, 3.8) is 0 Å². The molecule has 1 rings (SSSR count). The Labute approximate surface area is 131 Å². The molecule has 0 spiro atoms. The number of sulfonamides is 1. The summed E-state index contributed by atoms with van der Waals surface area (Å²) in [6, 6.07) is 4.43. The van der Waals surface area contributed by atoms with E-state index in [4.69, 9.17) is 10.9 Å². The third-order valence-corrected chi connectivity index (χ3v) is 5.32. The average Bonchev–Trinajstić information content (AvgIpc) is 2.37. The molecule has 21 heavy (non-hydrogen) atoms. The molecule has 0 aliphatic heterocycles. The van der Waals surface area contributed by atoms with Crippen molar-refractivity contribution in [3.8, 4) is 0 Å². The highest BCUT2D eigenvalue weighted by Gasteiger charge is 2.17. The summed E-state index contributed by atoms with van der Waals surface area (Å²) in [6.45, 7) is 0. The second kappa shape index (κ2) is 6.62. The van der Waals surface area contributed by atoms with Crippen LogP contribution < -0.4 is 10.5 Å². The molecule has 0 saturated carbocycles. The number of hydrogen-bond acceptors (Lipinski definition) is 6. The van der Waals surface area contributed by atoms with E-state index in [1.807, 2.05) is 0 Å². The summed E-state index contributed by atoms with van der Waals surface area (Å²) in [5, 5.41) is 11.5. The van der Waals surface area contributed by atoms with Crippen LogP contribution in [-0.2, 0) is 19.9 Å². The Balaban J connectivity index is 3.08. The standard InChI is InChI=1S/C10H14BrN3O5S2/c1-20(16,17)4-5-21(18,19)14-9-3-2-7(11)6-8(9)10(12)13-15/h2-3,6,14-15H,4-5H2,1H3,(H2,12,13). The van der Waals surface area contributed by atoms with Gasteiger partial charge in [0.15, 0.2) is 5.84 Å². The summed E-state index contributed by atoms with van der Waals surface area (Å²) >= 11 is 3.18. The fourth-order valence-corrected chi connectivity index (χ4v) is 4.42. The lowest BCUT2D eigenvalue weighted by Gasteiger charge is -2.12. The summed E-state index contributed by atoms with van der Waals surface area (Å²) in [4.78, 5) is 0. The van der Waals surface area contributed by atoms with Crippen LogP contribution in [0.4, 0.5) is 5.69 Å². The molecule has 0 amide bonds. The zero-order valence-electron chi connectivity index (χ0n) is 10.9. The number of nitrogens with one attached hydrogen (secondary N) is 1. The van der Waals surface area contributed by atoms with E-state index >= 15 is 0 Å². The molecular weight excluding hydrogens is 386 g/mol. The number of benzene rings is 1. The van der Waals surface area contributed by atoms with Gasteiger partial charge in [0.1, 0.15) is 9.84 Å². The molecule has 0 bridgehead atoms. The van der Waals surface area contributed by atoms with Crippen LogP contribution in [0.3, 0.4) is 0 Å². The molecular formula is C10H14BrN3O5S2. The maximum Gasteiger partial charge on any atom is 0.233 e. The number of halogens is 1. The third-order valence-electron chi connectivity index (χ3n) is 2.35. The first-order valence-electron chi connectivity index (χ1n) is 5.50. The van der Waals surface area contributed by atoms with Crippen LogP contribution >= 0.6 is 15.9 Å². The second-order valence-electron chi connectivity index (χ2n) is 4.23. The Hall–Kier alpha value is -1.33. The quantitative estimate of drug-likeness (QED) is 0.272. The molecule has 118 valence electrons. The van der Waals surface area contributed by atoms with Gasteiger partial charge in [-0.3, -0.25) is 4.72 Å². The lowest BCUT2D eigenvalue weighted by Crippen LogP contribution is -2.24. The number of sulfone groups is 1. The van der Waals surface area contributed by atoms with Crippen molar-refractivity contribution in [1.82, 2.24) is 0 Å². The Kier molecular flexibility index (Phi) is 5.59. The number of nitrogens with zero attached hydrogens (tertiary/aromatic N) is 1. The molecule has 4 N–H and O–H groups in total. The first-order chi connectivity index (χ1) is 9.54. The van der Waals surface area contributed by atoms with Crippen molar-refractivity contribution >= 4 is 47.3 Å². The second-order valence-corrected chi connectivity index (χ2v) is 9.24. The SMILES string of the molecule is CS(=O)(=O)CCS(=O)(=O)Nc1ccc(Br)cc1/C(N)=N/O. The van der Waals surface area contributed by atoms with E-state index < -0.39 is 31.4 Å². The summed E-state index contributed by atoms with van der Waals surface area (Å²) in [7, 11) is -7.28. The van der Waals surface area contributed by atoms with Crippen LogP contribution in [0.5, 0.6) is 0 Å². The van der Waals surface area contributed by atoms with Crippen LogP contribution in [-0.4, -0.2) is 45.6 Å². The molecule has 0 heterocycles. The number of hydrogen-bond donors (Lipinski definition) is 3. The molecule has 0 fully saturated rings. The Morgan fingerprint density at radius 1 is 1.33 bits per heavy atom. The molecule has 1 aromatic carbocycles. The van der Waals surface area contributed by atoms with Crippen molar-refractivity contribution in [2.45, 2.75) is 0 Å². The van der Waals surface area contributed by atoms with Crippen molar-refractivity contribution in [1.29, 1.82) is 0 Å². The smallest absolute Gasteiger partial charge is 0.233 e. The van der Waals surface area contributed by atoms with Gasteiger partial charge < -0.3 is 10.9 Å². The highest BCUT2D eigenvalue weighted by Crippen LogP contribution is 2.22. The molecule has 1 aromatic rings. The third kappa shape index (κ3) is 5.89. The van der Waals surface area contributed by atoms with Crippen molar-refractivity contribution in [2.75, 3.05) is 22.5 Å². The van der Waals surface area contributed by atoms with Crippen LogP contribution in [0.15, 0.2) is 27.8 Å². The van der Waals surface area contributed by atoms with Crippen LogP contribution in [0, 0.1) is 0 Å². The Bertz CT molecular complexity index is 759. The number of anilines is 1. The van der Waals surface area contributed by atoms with Gasteiger partial charge in [0.25, 0.3) is 0 Å². The fraction of sp³-hybridized carbons (Fsp3) is 0.300. The Morgan fingerprint density at radius 3 is 2.48 bits per heavy atom. The number of amidine groups is 1. The highest BCUT2D eigenvalue weighted by atomic mass is 79.9. The molecule has 11 heteroatoms. The van der Waals surface area contributed by atoms with Gasteiger partial charge in [-0.15, -0.1) is 0 Å². The minimum atomic E-state index is -3.88. The average molecular weight is 400 g/mol. The minimum absolute atomic E-state index is 0.0852. The minimum Gasteiger partial charge on any atom is -0.409 e. The fourth-order valence-electron chi connectivity index (χ4n) is 1.35.